The number of ether oxygens (including phenoxy) is 1. The molecule has 1 aromatic heterocycles. The Balaban J connectivity index is 1.68. The fourth-order valence-electron chi connectivity index (χ4n) is 2.70. The maximum absolute atomic E-state index is 12.7. The largest absolute Gasteiger partial charge is 0.482 e. The fraction of sp³-hybridized carbons (Fsp3) is 0.250. The van der Waals surface area contributed by atoms with Gasteiger partial charge in [0.2, 0.25) is 0 Å². The van der Waals surface area contributed by atoms with Crippen LogP contribution in [0.1, 0.15) is 22.5 Å². The molecule has 0 saturated carbocycles. The number of carbonyl (C=O) groups is 1. The standard InChI is InChI=1S/C20H18F3N3O3S/c1-12-9-16(7-8-18(12)29-10-19(27)28)30-11-17-13(2)26(25-24-17)15-5-3-14(4-6-15)20(21,22)23/h3-9H,10-11H2,1-2H3,(H,27,28). The van der Waals surface area contributed by atoms with Crippen molar-refractivity contribution in [1.29, 1.82) is 0 Å². The second-order valence-electron chi connectivity index (χ2n) is 6.48. The van der Waals surface area contributed by atoms with Crippen LogP contribution >= 0.6 is 11.8 Å². The van der Waals surface area contributed by atoms with Crippen LogP contribution in [-0.2, 0) is 16.7 Å². The van der Waals surface area contributed by atoms with E-state index >= 15 is 0 Å². The molecule has 0 aliphatic rings. The van der Waals surface area contributed by atoms with Crippen molar-refractivity contribution < 1.29 is 27.8 Å². The molecule has 10 heteroatoms. The monoisotopic (exact) mass is 437 g/mol. The van der Waals surface area contributed by atoms with E-state index in [4.69, 9.17) is 9.84 Å². The Labute approximate surface area is 174 Å². The number of thioether (sulfide) groups is 1. The Morgan fingerprint density at radius 1 is 1.17 bits per heavy atom. The number of hydrogen-bond donors (Lipinski definition) is 1. The lowest BCUT2D eigenvalue weighted by atomic mass is 10.2. The third-order valence-electron chi connectivity index (χ3n) is 4.30. The number of alkyl halides is 3. The molecule has 2 aromatic carbocycles. The summed E-state index contributed by atoms with van der Waals surface area (Å²) in [7, 11) is 0. The summed E-state index contributed by atoms with van der Waals surface area (Å²) in [5, 5.41) is 16.9. The lowest BCUT2D eigenvalue weighted by Gasteiger charge is -2.09. The van der Waals surface area contributed by atoms with Crippen LogP contribution in [0, 0.1) is 13.8 Å². The van der Waals surface area contributed by atoms with Crippen molar-refractivity contribution in [2.75, 3.05) is 6.61 Å². The van der Waals surface area contributed by atoms with Gasteiger partial charge in [-0.05, 0) is 61.9 Å². The Kier molecular flexibility index (Phi) is 6.35. The maximum Gasteiger partial charge on any atom is 0.416 e. The first-order chi connectivity index (χ1) is 14.1. The molecule has 0 unspecified atom stereocenters. The number of aliphatic carboxylic acids is 1. The predicted octanol–water partition coefficient (Wildman–Crippen LogP) is 4.66. The molecule has 0 amide bonds. The Morgan fingerprint density at radius 2 is 1.87 bits per heavy atom. The molecular weight excluding hydrogens is 419 g/mol. The number of aryl methyl sites for hydroxylation is 1. The van der Waals surface area contributed by atoms with Crippen LogP contribution in [0.3, 0.4) is 0 Å². The molecule has 0 fully saturated rings. The highest BCUT2D eigenvalue weighted by Crippen LogP contribution is 2.31. The van der Waals surface area contributed by atoms with E-state index in [1.165, 1.54) is 28.6 Å². The Morgan fingerprint density at radius 3 is 2.47 bits per heavy atom. The van der Waals surface area contributed by atoms with E-state index in [1.54, 1.807) is 6.07 Å². The van der Waals surface area contributed by atoms with Crippen LogP contribution in [-0.4, -0.2) is 32.7 Å². The lowest BCUT2D eigenvalue weighted by molar-refractivity contribution is -0.139. The van der Waals surface area contributed by atoms with E-state index in [2.05, 4.69) is 10.3 Å². The van der Waals surface area contributed by atoms with Gasteiger partial charge in [0, 0.05) is 10.6 Å². The molecule has 3 aromatic rings. The van der Waals surface area contributed by atoms with Gasteiger partial charge in [0.1, 0.15) is 5.75 Å². The topological polar surface area (TPSA) is 77.2 Å². The van der Waals surface area contributed by atoms with Crippen LogP contribution in [0.2, 0.25) is 0 Å². The van der Waals surface area contributed by atoms with Crippen molar-refractivity contribution in [2.24, 2.45) is 0 Å². The minimum atomic E-state index is -4.38. The van der Waals surface area contributed by atoms with Gasteiger partial charge in [-0.2, -0.15) is 13.2 Å². The molecule has 0 bridgehead atoms. The molecule has 6 nitrogen and oxygen atoms in total. The van der Waals surface area contributed by atoms with Gasteiger partial charge < -0.3 is 9.84 Å². The predicted molar refractivity (Wildman–Crippen MR) is 105 cm³/mol. The zero-order chi connectivity index (χ0) is 21.9. The molecule has 0 aliphatic heterocycles. The van der Waals surface area contributed by atoms with Crippen LogP contribution < -0.4 is 4.74 Å². The fourth-order valence-corrected chi connectivity index (χ4v) is 3.69. The first-order valence-electron chi connectivity index (χ1n) is 8.82. The number of halogens is 3. The second-order valence-corrected chi connectivity index (χ2v) is 7.53. The normalized spacial score (nSPS) is 11.5. The molecule has 158 valence electrons. The van der Waals surface area contributed by atoms with Crippen molar-refractivity contribution in [3.8, 4) is 11.4 Å². The van der Waals surface area contributed by atoms with E-state index in [1.807, 2.05) is 26.0 Å². The highest BCUT2D eigenvalue weighted by Gasteiger charge is 2.30. The third kappa shape index (κ3) is 5.12. The third-order valence-corrected chi connectivity index (χ3v) is 5.31. The molecular formula is C20H18F3N3O3S. The molecule has 0 spiro atoms. The van der Waals surface area contributed by atoms with Crippen molar-refractivity contribution in [3.05, 3.63) is 65.0 Å². The zero-order valence-electron chi connectivity index (χ0n) is 16.1. The van der Waals surface area contributed by atoms with Gasteiger partial charge in [0.15, 0.2) is 6.61 Å². The average Bonchev–Trinajstić information content (AvgIpc) is 3.05. The molecule has 0 atom stereocenters. The number of nitrogens with zero attached hydrogens (tertiary/aromatic N) is 3. The highest BCUT2D eigenvalue weighted by atomic mass is 32.2. The SMILES string of the molecule is Cc1cc(SCc2nnn(-c3ccc(C(F)(F)F)cc3)c2C)ccc1OCC(=O)O. The minimum Gasteiger partial charge on any atom is -0.482 e. The summed E-state index contributed by atoms with van der Waals surface area (Å²) in [6, 6.07) is 10.2. The quantitative estimate of drug-likeness (QED) is 0.542. The summed E-state index contributed by atoms with van der Waals surface area (Å²) >= 11 is 1.51. The van der Waals surface area contributed by atoms with E-state index in [0.29, 0.717) is 22.9 Å². The zero-order valence-corrected chi connectivity index (χ0v) is 16.9. The van der Waals surface area contributed by atoms with E-state index in [-0.39, 0.29) is 0 Å². The van der Waals surface area contributed by atoms with E-state index < -0.39 is 24.3 Å². The van der Waals surface area contributed by atoms with Gasteiger partial charge >= 0.3 is 12.1 Å². The number of rotatable bonds is 7. The summed E-state index contributed by atoms with van der Waals surface area (Å²) < 4.78 is 44.9. The van der Waals surface area contributed by atoms with Crippen molar-refractivity contribution in [2.45, 2.75) is 30.7 Å². The summed E-state index contributed by atoms with van der Waals surface area (Å²) in [5.41, 5.74) is 2.04. The van der Waals surface area contributed by atoms with Crippen LogP contribution in [0.4, 0.5) is 13.2 Å². The highest BCUT2D eigenvalue weighted by molar-refractivity contribution is 7.98. The number of aromatic nitrogens is 3. The van der Waals surface area contributed by atoms with Crippen molar-refractivity contribution in [1.82, 2.24) is 15.0 Å². The minimum absolute atomic E-state index is 0.403. The number of hydrogen-bond acceptors (Lipinski definition) is 5. The second kappa shape index (κ2) is 8.78. The first-order valence-corrected chi connectivity index (χ1v) is 9.80. The van der Waals surface area contributed by atoms with Crippen LogP contribution in [0.5, 0.6) is 5.75 Å². The molecule has 1 heterocycles. The summed E-state index contributed by atoms with van der Waals surface area (Å²) in [5.74, 6) is -0.0213. The van der Waals surface area contributed by atoms with Gasteiger partial charge in [0.25, 0.3) is 0 Å². The number of benzene rings is 2. The maximum atomic E-state index is 12.7. The summed E-state index contributed by atoms with van der Waals surface area (Å²) in [4.78, 5) is 11.6. The Bertz CT molecular complexity index is 1050. The van der Waals surface area contributed by atoms with Gasteiger partial charge in [-0.15, -0.1) is 16.9 Å². The van der Waals surface area contributed by atoms with E-state index in [9.17, 15) is 18.0 Å². The average molecular weight is 437 g/mol. The van der Waals surface area contributed by atoms with Gasteiger partial charge in [-0.25, -0.2) is 9.48 Å². The molecule has 30 heavy (non-hydrogen) atoms. The molecule has 0 saturated heterocycles. The number of carboxylic acids is 1. The lowest BCUT2D eigenvalue weighted by Crippen LogP contribution is -2.09. The van der Waals surface area contributed by atoms with Crippen molar-refractivity contribution >= 4 is 17.7 Å². The van der Waals surface area contributed by atoms with Gasteiger partial charge in [-0.3, -0.25) is 0 Å². The van der Waals surface area contributed by atoms with E-state index in [0.717, 1.165) is 28.3 Å². The summed E-state index contributed by atoms with van der Waals surface area (Å²) in [6.07, 6.45) is -4.38. The molecule has 1 N–H and O–H groups in total. The molecule has 0 radical (unpaired) electrons. The van der Waals surface area contributed by atoms with Crippen LogP contribution in [0.15, 0.2) is 47.4 Å². The van der Waals surface area contributed by atoms with Crippen molar-refractivity contribution in [3.63, 3.8) is 0 Å². The molecule has 0 aliphatic carbocycles. The van der Waals surface area contributed by atoms with Crippen LogP contribution in [0.25, 0.3) is 5.69 Å². The number of carboxylic acid groups (broad SMARTS) is 1. The van der Waals surface area contributed by atoms with Gasteiger partial charge in [0.05, 0.1) is 22.6 Å². The van der Waals surface area contributed by atoms with Gasteiger partial charge in [-0.1, -0.05) is 5.21 Å². The smallest absolute Gasteiger partial charge is 0.416 e. The summed E-state index contributed by atoms with van der Waals surface area (Å²) in [6.45, 7) is 3.23. The first kappa shape index (κ1) is 21.7. The Hall–Kier alpha value is -3.01. The molecule has 3 rings (SSSR count).